The van der Waals surface area contributed by atoms with Crippen molar-refractivity contribution in [3.63, 3.8) is 0 Å². The molecule has 1 unspecified atom stereocenters. The van der Waals surface area contributed by atoms with E-state index in [-0.39, 0.29) is 12.5 Å². The Labute approximate surface area is 71.7 Å². The summed E-state index contributed by atoms with van der Waals surface area (Å²) in [5.74, 6) is 0.991. The zero-order valence-electron chi connectivity index (χ0n) is 7.07. The van der Waals surface area contributed by atoms with E-state index in [4.69, 9.17) is 5.11 Å². The van der Waals surface area contributed by atoms with Crippen LogP contribution < -0.4 is 5.32 Å². The standard InChI is InChI=1S/C8H13N3O/c1-7(6-12)4-11-8-5-9-2-3-10-8/h2-3,5,7,12H,4,6H2,1H3,(H,10,11). The maximum absolute atomic E-state index is 8.74. The molecule has 4 nitrogen and oxygen atoms in total. The Kier molecular flexibility index (Phi) is 3.47. The largest absolute Gasteiger partial charge is 0.396 e. The van der Waals surface area contributed by atoms with Gasteiger partial charge in [0.25, 0.3) is 0 Å². The van der Waals surface area contributed by atoms with Crippen molar-refractivity contribution in [3.8, 4) is 0 Å². The molecule has 4 heteroatoms. The van der Waals surface area contributed by atoms with Gasteiger partial charge in [-0.05, 0) is 5.92 Å². The van der Waals surface area contributed by atoms with E-state index in [0.717, 1.165) is 12.4 Å². The molecule has 0 fully saturated rings. The van der Waals surface area contributed by atoms with E-state index >= 15 is 0 Å². The van der Waals surface area contributed by atoms with Crippen molar-refractivity contribution < 1.29 is 5.11 Å². The van der Waals surface area contributed by atoms with Gasteiger partial charge < -0.3 is 10.4 Å². The molecule has 0 aliphatic heterocycles. The molecule has 1 heterocycles. The monoisotopic (exact) mass is 167 g/mol. The van der Waals surface area contributed by atoms with Gasteiger partial charge in [-0.3, -0.25) is 4.98 Å². The molecule has 1 rings (SSSR count). The van der Waals surface area contributed by atoms with Gasteiger partial charge in [0.1, 0.15) is 5.82 Å². The van der Waals surface area contributed by atoms with Crippen LogP contribution in [0.3, 0.4) is 0 Å². The van der Waals surface area contributed by atoms with Gasteiger partial charge in [-0.15, -0.1) is 0 Å². The topological polar surface area (TPSA) is 58.0 Å². The van der Waals surface area contributed by atoms with Crippen molar-refractivity contribution in [2.75, 3.05) is 18.5 Å². The van der Waals surface area contributed by atoms with Crippen LogP contribution in [0, 0.1) is 5.92 Å². The van der Waals surface area contributed by atoms with Crippen LogP contribution in [0.2, 0.25) is 0 Å². The third kappa shape index (κ3) is 2.84. The molecular weight excluding hydrogens is 154 g/mol. The minimum atomic E-state index is 0.188. The highest BCUT2D eigenvalue weighted by molar-refractivity contribution is 5.29. The molecule has 0 aromatic carbocycles. The maximum Gasteiger partial charge on any atom is 0.144 e. The van der Waals surface area contributed by atoms with Gasteiger partial charge in [-0.1, -0.05) is 6.92 Å². The van der Waals surface area contributed by atoms with E-state index in [1.807, 2.05) is 6.92 Å². The van der Waals surface area contributed by atoms with Gasteiger partial charge >= 0.3 is 0 Å². The van der Waals surface area contributed by atoms with E-state index in [0.29, 0.717) is 0 Å². The number of hydrogen-bond acceptors (Lipinski definition) is 4. The average Bonchev–Trinajstić information content (AvgIpc) is 2.16. The molecule has 0 spiro atoms. The van der Waals surface area contributed by atoms with Gasteiger partial charge in [0, 0.05) is 25.5 Å². The third-order valence-electron chi connectivity index (χ3n) is 1.51. The molecule has 12 heavy (non-hydrogen) atoms. The summed E-state index contributed by atoms with van der Waals surface area (Å²) in [7, 11) is 0. The van der Waals surface area contributed by atoms with Crippen LogP contribution in [0.5, 0.6) is 0 Å². The Bertz CT molecular complexity index is 215. The summed E-state index contributed by atoms with van der Waals surface area (Å²) in [4.78, 5) is 7.93. The average molecular weight is 167 g/mol. The summed E-state index contributed by atoms with van der Waals surface area (Å²) >= 11 is 0. The van der Waals surface area contributed by atoms with E-state index in [9.17, 15) is 0 Å². The Hall–Kier alpha value is -1.16. The molecule has 1 atom stereocenters. The first-order valence-electron chi connectivity index (χ1n) is 3.93. The molecule has 2 N–H and O–H groups in total. The number of nitrogens with zero attached hydrogens (tertiary/aromatic N) is 2. The number of rotatable bonds is 4. The number of aliphatic hydroxyl groups is 1. The lowest BCUT2D eigenvalue weighted by Gasteiger charge is -2.08. The summed E-state index contributed by atoms with van der Waals surface area (Å²) < 4.78 is 0. The van der Waals surface area contributed by atoms with Gasteiger partial charge in [0.15, 0.2) is 0 Å². The van der Waals surface area contributed by atoms with E-state index in [1.165, 1.54) is 0 Å². The van der Waals surface area contributed by atoms with Crippen molar-refractivity contribution in [1.29, 1.82) is 0 Å². The van der Waals surface area contributed by atoms with E-state index in [2.05, 4.69) is 15.3 Å². The normalized spacial score (nSPS) is 12.5. The number of aromatic nitrogens is 2. The first kappa shape index (κ1) is 8.93. The maximum atomic E-state index is 8.74. The van der Waals surface area contributed by atoms with Crippen LogP contribution >= 0.6 is 0 Å². The van der Waals surface area contributed by atoms with Crippen LogP contribution in [-0.4, -0.2) is 28.2 Å². The highest BCUT2D eigenvalue weighted by Crippen LogP contribution is 1.99. The Morgan fingerprint density at radius 2 is 2.42 bits per heavy atom. The van der Waals surface area contributed by atoms with E-state index < -0.39 is 0 Å². The number of anilines is 1. The number of hydrogen-bond donors (Lipinski definition) is 2. The lowest BCUT2D eigenvalue weighted by Crippen LogP contribution is -2.15. The second-order valence-electron chi connectivity index (χ2n) is 2.76. The lowest BCUT2D eigenvalue weighted by atomic mass is 10.2. The van der Waals surface area contributed by atoms with Crippen molar-refractivity contribution in [3.05, 3.63) is 18.6 Å². The SMILES string of the molecule is CC(CO)CNc1cnccn1. The summed E-state index contributed by atoms with van der Waals surface area (Å²) in [5, 5.41) is 11.8. The molecular formula is C8H13N3O. The second-order valence-corrected chi connectivity index (χ2v) is 2.76. The van der Waals surface area contributed by atoms with Gasteiger partial charge in [-0.25, -0.2) is 4.98 Å². The van der Waals surface area contributed by atoms with Crippen LogP contribution in [0.4, 0.5) is 5.82 Å². The molecule has 66 valence electrons. The Balaban J connectivity index is 2.33. The molecule has 0 radical (unpaired) electrons. The first-order valence-corrected chi connectivity index (χ1v) is 3.93. The molecule has 0 bridgehead atoms. The van der Waals surface area contributed by atoms with Crippen LogP contribution in [0.15, 0.2) is 18.6 Å². The van der Waals surface area contributed by atoms with Gasteiger partial charge in [0.2, 0.25) is 0 Å². The minimum Gasteiger partial charge on any atom is -0.396 e. The van der Waals surface area contributed by atoms with Gasteiger partial charge in [0.05, 0.1) is 6.20 Å². The van der Waals surface area contributed by atoms with Crippen molar-refractivity contribution in [2.45, 2.75) is 6.92 Å². The molecule has 0 aliphatic rings. The Morgan fingerprint density at radius 3 is 3.00 bits per heavy atom. The Morgan fingerprint density at radius 1 is 1.58 bits per heavy atom. The quantitative estimate of drug-likeness (QED) is 0.686. The zero-order valence-corrected chi connectivity index (χ0v) is 7.07. The molecule has 1 aromatic heterocycles. The third-order valence-corrected chi connectivity index (χ3v) is 1.51. The summed E-state index contributed by atoms with van der Waals surface area (Å²) in [6.45, 7) is 2.87. The highest BCUT2D eigenvalue weighted by atomic mass is 16.3. The number of nitrogens with one attached hydrogen (secondary N) is 1. The van der Waals surface area contributed by atoms with Gasteiger partial charge in [-0.2, -0.15) is 0 Å². The highest BCUT2D eigenvalue weighted by Gasteiger charge is 1.98. The van der Waals surface area contributed by atoms with Crippen LogP contribution in [-0.2, 0) is 0 Å². The number of aliphatic hydroxyl groups excluding tert-OH is 1. The van der Waals surface area contributed by atoms with Crippen LogP contribution in [0.25, 0.3) is 0 Å². The second kappa shape index (κ2) is 4.66. The molecule has 0 aliphatic carbocycles. The van der Waals surface area contributed by atoms with E-state index in [1.54, 1.807) is 18.6 Å². The predicted octanol–water partition coefficient (Wildman–Crippen LogP) is 0.517. The molecule has 0 amide bonds. The molecule has 0 saturated heterocycles. The van der Waals surface area contributed by atoms with Crippen molar-refractivity contribution in [1.82, 2.24) is 9.97 Å². The summed E-state index contributed by atoms with van der Waals surface area (Å²) in [5.41, 5.74) is 0. The summed E-state index contributed by atoms with van der Waals surface area (Å²) in [6.07, 6.45) is 4.91. The molecule has 1 aromatic rings. The summed E-state index contributed by atoms with van der Waals surface area (Å²) in [6, 6.07) is 0. The smallest absolute Gasteiger partial charge is 0.144 e. The van der Waals surface area contributed by atoms with Crippen molar-refractivity contribution >= 4 is 5.82 Å². The first-order chi connectivity index (χ1) is 5.83. The fourth-order valence-electron chi connectivity index (χ4n) is 0.734. The van der Waals surface area contributed by atoms with Crippen LogP contribution in [0.1, 0.15) is 6.92 Å². The fraction of sp³-hybridized carbons (Fsp3) is 0.500. The molecule has 0 saturated carbocycles. The lowest BCUT2D eigenvalue weighted by molar-refractivity contribution is 0.244. The van der Waals surface area contributed by atoms with Crippen molar-refractivity contribution in [2.24, 2.45) is 5.92 Å². The minimum absolute atomic E-state index is 0.188. The predicted molar refractivity (Wildman–Crippen MR) is 46.8 cm³/mol. The zero-order chi connectivity index (χ0) is 8.81. The fourth-order valence-corrected chi connectivity index (χ4v) is 0.734.